The highest BCUT2D eigenvalue weighted by Crippen LogP contribution is 2.34. The summed E-state index contributed by atoms with van der Waals surface area (Å²) in [6.07, 6.45) is -4.65. The zero-order chi connectivity index (χ0) is 13.2. The molecule has 0 aliphatic carbocycles. The van der Waals surface area contributed by atoms with Gasteiger partial charge in [0, 0.05) is 9.13 Å². The first-order valence-corrected chi connectivity index (χ1v) is 6.41. The number of nitrogens with zero attached hydrogens (tertiary/aromatic N) is 1. The van der Waals surface area contributed by atoms with Gasteiger partial charge in [0.15, 0.2) is 5.78 Å². The van der Waals surface area contributed by atoms with Crippen LogP contribution in [0.3, 0.4) is 0 Å². The van der Waals surface area contributed by atoms with Crippen LogP contribution in [0.25, 0.3) is 0 Å². The first-order chi connectivity index (χ1) is 7.81. The largest absolute Gasteiger partial charge is 0.417 e. The number of nitriles is 1. The minimum Gasteiger partial charge on any atom is -0.293 e. The van der Waals surface area contributed by atoms with E-state index in [-0.39, 0.29) is 10.9 Å². The maximum atomic E-state index is 12.7. The maximum absolute atomic E-state index is 12.7. The number of Topliss-reactive ketones (excluding diaryl/α,β-unsaturated/α-hetero) is 1. The summed E-state index contributed by atoms with van der Waals surface area (Å²) in [5.74, 6) is -0.667. The van der Waals surface area contributed by atoms with Crippen molar-refractivity contribution in [3.05, 3.63) is 32.4 Å². The van der Waals surface area contributed by atoms with Crippen molar-refractivity contribution in [2.24, 2.45) is 0 Å². The lowest BCUT2D eigenvalue weighted by Crippen LogP contribution is -2.15. The molecule has 0 aliphatic heterocycles. The van der Waals surface area contributed by atoms with Gasteiger partial charge in [-0.1, -0.05) is 15.9 Å². The highest BCUT2D eigenvalue weighted by molar-refractivity contribution is 14.1. The Hall–Kier alpha value is -0.620. The van der Waals surface area contributed by atoms with Crippen molar-refractivity contribution in [2.45, 2.75) is 6.18 Å². The second-order valence-electron chi connectivity index (χ2n) is 3.04. The molecule has 0 spiro atoms. The maximum Gasteiger partial charge on any atom is 0.417 e. The molecular formula is C10H4BrF3INO. The summed E-state index contributed by atoms with van der Waals surface area (Å²) in [5.41, 5.74) is -1.58. The first-order valence-electron chi connectivity index (χ1n) is 4.21. The Bertz CT molecular complexity index is 507. The van der Waals surface area contributed by atoms with Crippen LogP contribution in [0.5, 0.6) is 0 Å². The topological polar surface area (TPSA) is 40.9 Å². The normalized spacial score (nSPS) is 11.1. The van der Waals surface area contributed by atoms with Crippen LogP contribution in [0, 0.1) is 14.9 Å². The van der Waals surface area contributed by atoms with Crippen LogP contribution >= 0.6 is 38.5 Å². The van der Waals surface area contributed by atoms with Gasteiger partial charge in [0.1, 0.15) is 6.07 Å². The van der Waals surface area contributed by atoms with Gasteiger partial charge in [-0.05, 0) is 34.7 Å². The van der Waals surface area contributed by atoms with E-state index in [1.807, 2.05) is 0 Å². The van der Waals surface area contributed by atoms with Crippen molar-refractivity contribution in [1.82, 2.24) is 0 Å². The molecule has 0 aliphatic rings. The van der Waals surface area contributed by atoms with Gasteiger partial charge in [0.25, 0.3) is 0 Å². The third-order valence-corrected chi connectivity index (χ3v) is 3.36. The lowest BCUT2D eigenvalue weighted by Gasteiger charge is -2.12. The van der Waals surface area contributed by atoms with E-state index in [0.717, 1.165) is 6.07 Å². The van der Waals surface area contributed by atoms with Gasteiger partial charge < -0.3 is 0 Å². The Morgan fingerprint density at radius 3 is 2.47 bits per heavy atom. The van der Waals surface area contributed by atoms with Gasteiger partial charge in [0.2, 0.25) is 0 Å². The molecule has 90 valence electrons. The van der Waals surface area contributed by atoms with Crippen molar-refractivity contribution in [2.75, 3.05) is 5.33 Å². The molecule has 0 saturated carbocycles. The van der Waals surface area contributed by atoms with Crippen LogP contribution in [-0.2, 0) is 6.18 Å². The average Bonchev–Trinajstić information content (AvgIpc) is 2.26. The molecule has 0 bridgehead atoms. The van der Waals surface area contributed by atoms with Crippen LogP contribution in [0.15, 0.2) is 12.1 Å². The third kappa shape index (κ3) is 3.19. The number of hydrogen-bond donors (Lipinski definition) is 0. The number of carbonyl (C=O) groups is 1. The standard InChI is InChI=1S/C10H4BrF3INO/c11-3-9(17)6-2-8(15)5(4-16)1-7(6)10(12,13)14/h1-2H,3H2. The highest BCUT2D eigenvalue weighted by Gasteiger charge is 2.35. The minimum atomic E-state index is -4.65. The fourth-order valence-corrected chi connectivity index (χ4v) is 2.09. The second-order valence-corrected chi connectivity index (χ2v) is 4.77. The van der Waals surface area contributed by atoms with E-state index >= 15 is 0 Å². The number of benzene rings is 1. The van der Waals surface area contributed by atoms with Gasteiger partial charge in [-0.3, -0.25) is 4.79 Å². The van der Waals surface area contributed by atoms with E-state index in [1.54, 1.807) is 28.7 Å². The summed E-state index contributed by atoms with van der Waals surface area (Å²) in [5, 5.41) is 8.48. The third-order valence-electron chi connectivity index (χ3n) is 1.95. The first kappa shape index (κ1) is 14.4. The van der Waals surface area contributed by atoms with Gasteiger partial charge in [-0.2, -0.15) is 18.4 Å². The monoisotopic (exact) mass is 417 g/mol. The van der Waals surface area contributed by atoms with E-state index in [1.165, 1.54) is 0 Å². The van der Waals surface area contributed by atoms with Crippen LogP contribution in [-0.4, -0.2) is 11.1 Å². The smallest absolute Gasteiger partial charge is 0.293 e. The van der Waals surface area contributed by atoms with Crippen LogP contribution < -0.4 is 0 Å². The van der Waals surface area contributed by atoms with E-state index in [4.69, 9.17) is 5.26 Å². The number of hydrogen-bond acceptors (Lipinski definition) is 2. The number of halogens is 5. The highest BCUT2D eigenvalue weighted by atomic mass is 127. The number of rotatable bonds is 2. The van der Waals surface area contributed by atoms with Crippen molar-refractivity contribution >= 4 is 44.3 Å². The predicted molar refractivity (Wildman–Crippen MR) is 67.0 cm³/mol. The molecule has 0 unspecified atom stereocenters. The van der Waals surface area contributed by atoms with Crippen molar-refractivity contribution in [1.29, 1.82) is 5.26 Å². The summed E-state index contributed by atoms with van der Waals surface area (Å²) in [6, 6.07) is 3.46. The summed E-state index contributed by atoms with van der Waals surface area (Å²) in [7, 11) is 0. The SMILES string of the molecule is N#Cc1cc(C(F)(F)F)c(C(=O)CBr)cc1I. The quantitative estimate of drug-likeness (QED) is 0.417. The Balaban J connectivity index is 3.54. The molecule has 0 amide bonds. The molecule has 0 fully saturated rings. The Morgan fingerprint density at radius 1 is 1.47 bits per heavy atom. The predicted octanol–water partition coefficient (Wildman–Crippen LogP) is 3.76. The molecule has 0 aromatic heterocycles. The molecule has 0 radical (unpaired) electrons. The van der Waals surface area contributed by atoms with Gasteiger partial charge in [-0.15, -0.1) is 0 Å². The van der Waals surface area contributed by atoms with Crippen LogP contribution in [0.2, 0.25) is 0 Å². The summed E-state index contributed by atoms with van der Waals surface area (Å²) in [4.78, 5) is 11.4. The molecule has 0 N–H and O–H groups in total. The fraction of sp³-hybridized carbons (Fsp3) is 0.200. The summed E-state index contributed by atoms with van der Waals surface area (Å²) < 4.78 is 38.5. The molecule has 17 heavy (non-hydrogen) atoms. The van der Waals surface area contributed by atoms with E-state index in [0.29, 0.717) is 9.64 Å². The molecule has 0 saturated heterocycles. The number of carbonyl (C=O) groups excluding carboxylic acids is 1. The second kappa shape index (κ2) is 5.35. The van der Waals surface area contributed by atoms with E-state index < -0.39 is 23.1 Å². The molecule has 1 rings (SSSR count). The lowest BCUT2D eigenvalue weighted by molar-refractivity contribution is -0.137. The zero-order valence-electron chi connectivity index (χ0n) is 8.11. The molecule has 0 atom stereocenters. The molecular weight excluding hydrogens is 414 g/mol. The van der Waals surface area contributed by atoms with Crippen molar-refractivity contribution in [3.63, 3.8) is 0 Å². The molecule has 0 heterocycles. The number of alkyl halides is 4. The minimum absolute atomic E-state index is 0.0935. The Morgan fingerprint density at radius 2 is 2.06 bits per heavy atom. The van der Waals surface area contributed by atoms with E-state index in [9.17, 15) is 18.0 Å². The summed E-state index contributed by atoms with van der Waals surface area (Å²) in [6.45, 7) is 0. The molecule has 1 aromatic carbocycles. The average molecular weight is 418 g/mol. The molecule has 1 aromatic rings. The van der Waals surface area contributed by atoms with Crippen LogP contribution in [0.1, 0.15) is 21.5 Å². The van der Waals surface area contributed by atoms with Crippen molar-refractivity contribution < 1.29 is 18.0 Å². The summed E-state index contributed by atoms with van der Waals surface area (Å²) >= 11 is 4.55. The number of ketones is 1. The Kier molecular flexibility index (Phi) is 4.55. The van der Waals surface area contributed by atoms with Gasteiger partial charge in [0.05, 0.1) is 16.5 Å². The Labute approximate surface area is 117 Å². The lowest BCUT2D eigenvalue weighted by atomic mass is 10.0. The van der Waals surface area contributed by atoms with Gasteiger partial charge in [-0.25, -0.2) is 0 Å². The van der Waals surface area contributed by atoms with Crippen molar-refractivity contribution in [3.8, 4) is 6.07 Å². The van der Waals surface area contributed by atoms with Crippen LogP contribution in [0.4, 0.5) is 13.2 Å². The molecule has 7 heteroatoms. The zero-order valence-corrected chi connectivity index (χ0v) is 11.9. The molecule has 2 nitrogen and oxygen atoms in total. The fourth-order valence-electron chi connectivity index (χ4n) is 1.20. The van der Waals surface area contributed by atoms with E-state index in [2.05, 4.69) is 15.9 Å². The van der Waals surface area contributed by atoms with Gasteiger partial charge >= 0.3 is 6.18 Å².